The number of halogens is 1. The third-order valence-corrected chi connectivity index (χ3v) is 3.10. The van der Waals surface area contributed by atoms with E-state index < -0.39 is 0 Å². The van der Waals surface area contributed by atoms with E-state index in [1.54, 1.807) is 24.7 Å². The Balaban J connectivity index is 1.97. The number of nitriles is 1. The molecule has 0 saturated heterocycles. The first-order valence-electron chi connectivity index (χ1n) is 5.93. The Morgan fingerprint density at radius 1 is 1.15 bits per heavy atom. The molecule has 0 fully saturated rings. The Morgan fingerprint density at radius 3 is 2.80 bits per heavy atom. The molecule has 0 N–H and O–H groups in total. The first kappa shape index (κ1) is 12.4. The van der Waals surface area contributed by atoms with Gasteiger partial charge in [0.25, 0.3) is 0 Å². The van der Waals surface area contributed by atoms with E-state index in [0.29, 0.717) is 10.7 Å². The zero-order valence-electron chi connectivity index (χ0n) is 10.4. The summed E-state index contributed by atoms with van der Waals surface area (Å²) in [6.07, 6.45) is 5.28. The lowest BCUT2D eigenvalue weighted by molar-refractivity contribution is 1.06. The summed E-state index contributed by atoms with van der Waals surface area (Å²) < 4.78 is 1.87. The molecule has 1 aromatic carbocycles. The van der Waals surface area contributed by atoms with Gasteiger partial charge in [0.1, 0.15) is 5.15 Å². The van der Waals surface area contributed by atoms with Crippen LogP contribution in [0.25, 0.3) is 16.9 Å². The number of hydrogen-bond acceptors (Lipinski definition) is 3. The van der Waals surface area contributed by atoms with Crippen molar-refractivity contribution in [1.29, 1.82) is 5.26 Å². The highest BCUT2D eigenvalue weighted by atomic mass is 35.5. The van der Waals surface area contributed by atoms with Gasteiger partial charge in [0.2, 0.25) is 0 Å². The maximum Gasteiger partial charge on any atom is 0.129 e. The number of nitrogens with zero attached hydrogens (tertiary/aromatic N) is 4. The van der Waals surface area contributed by atoms with Crippen molar-refractivity contribution in [2.75, 3.05) is 0 Å². The Hall–Kier alpha value is -2.64. The highest BCUT2D eigenvalue weighted by molar-refractivity contribution is 6.29. The number of rotatable bonds is 2. The van der Waals surface area contributed by atoms with Crippen LogP contribution in [0.4, 0.5) is 0 Å². The van der Waals surface area contributed by atoms with Crippen LogP contribution in [0.3, 0.4) is 0 Å². The molecule has 2 aromatic heterocycles. The van der Waals surface area contributed by atoms with Crippen molar-refractivity contribution >= 4 is 11.6 Å². The van der Waals surface area contributed by atoms with E-state index >= 15 is 0 Å². The zero-order chi connectivity index (χ0) is 13.9. The van der Waals surface area contributed by atoms with Gasteiger partial charge in [-0.1, -0.05) is 17.7 Å². The first-order valence-corrected chi connectivity index (χ1v) is 6.30. The van der Waals surface area contributed by atoms with Crippen molar-refractivity contribution in [3.8, 4) is 23.0 Å². The largest absolute Gasteiger partial charge is 0.306 e. The molecule has 0 unspecified atom stereocenters. The minimum Gasteiger partial charge on any atom is -0.306 e. The fourth-order valence-corrected chi connectivity index (χ4v) is 1.99. The molecule has 96 valence electrons. The average Bonchev–Trinajstić information content (AvgIpc) is 2.98. The van der Waals surface area contributed by atoms with Crippen molar-refractivity contribution in [2.45, 2.75) is 0 Å². The van der Waals surface area contributed by atoms with Gasteiger partial charge in [-0.2, -0.15) is 5.26 Å². The molecule has 2 heterocycles. The van der Waals surface area contributed by atoms with Gasteiger partial charge in [-0.15, -0.1) is 0 Å². The molecule has 0 amide bonds. The van der Waals surface area contributed by atoms with E-state index in [9.17, 15) is 0 Å². The number of aromatic nitrogens is 3. The first-order chi connectivity index (χ1) is 9.76. The highest BCUT2D eigenvalue weighted by Crippen LogP contribution is 2.19. The molecule has 0 atom stereocenters. The number of pyridine rings is 1. The molecule has 0 aliphatic carbocycles. The lowest BCUT2D eigenvalue weighted by Gasteiger charge is -2.01. The van der Waals surface area contributed by atoms with E-state index in [1.165, 1.54) is 0 Å². The predicted molar refractivity (Wildman–Crippen MR) is 76.5 cm³/mol. The summed E-state index contributed by atoms with van der Waals surface area (Å²) in [5.41, 5.74) is 3.21. The van der Waals surface area contributed by atoms with Gasteiger partial charge in [0.15, 0.2) is 0 Å². The molecule has 3 rings (SSSR count). The van der Waals surface area contributed by atoms with E-state index in [0.717, 1.165) is 16.9 Å². The minimum atomic E-state index is 0.454. The molecule has 0 radical (unpaired) electrons. The third kappa shape index (κ3) is 2.40. The lowest BCUT2D eigenvalue weighted by Crippen LogP contribution is -1.90. The molecule has 0 spiro atoms. The highest BCUT2D eigenvalue weighted by Gasteiger charge is 2.04. The van der Waals surface area contributed by atoms with Gasteiger partial charge >= 0.3 is 0 Å². The molecule has 20 heavy (non-hydrogen) atoms. The molecule has 0 aliphatic rings. The fourth-order valence-electron chi connectivity index (χ4n) is 1.88. The van der Waals surface area contributed by atoms with Gasteiger partial charge in [0, 0.05) is 23.6 Å². The normalized spacial score (nSPS) is 10.2. The minimum absolute atomic E-state index is 0.454. The van der Waals surface area contributed by atoms with Crippen LogP contribution >= 0.6 is 11.6 Å². The second-order valence-electron chi connectivity index (χ2n) is 4.20. The fraction of sp³-hybridized carbons (Fsp3) is 0. The van der Waals surface area contributed by atoms with Crippen molar-refractivity contribution in [3.63, 3.8) is 0 Å². The topological polar surface area (TPSA) is 54.5 Å². The summed E-state index contributed by atoms with van der Waals surface area (Å²) in [7, 11) is 0. The smallest absolute Gasteiger partial charge is 0.129 e. The van der Waals surface area contributed by atoms with Gasteiger partial charge in [-0.05, 0) is 30.3 Å². The number of benzene rings is 1. The summed E-state index contributed by atoms with van der Waals surface area (Å²) in [5.74, 6) is 0. The van der Waals surface area contributed by atoms with Crippen LogP contribution in [0.5, 0.6) is 0 Å². The van der Waals surface area contributed by atoms with Crippen LogP contribution in [0, 0.1) is 11.3 Å². The second kappa shape index (κ2) is 5.16. The van der Waals surface area contributed by atoms with Crippen LogP contribution < -0.4 is 0 Å². The van der Waals surface area contributed by atoms with E-state index in [4.69, 9.17) is 16.9 Å². The van der Waals surface area contributed by atoms with E-state index in [1.807, 2.05) is 35.0 Å². The van der Waals surface area contributed by atoms with Crippen molar-refractivity contribution in [3.05, 3.63) is 65.8 Å². The number of hydrogen-bond donors (Lipinski definition) is 0. The average molecular weight is 281 g/mol. The monoisotopic (exact) mass is 280 g/mol. The molecule has 0 bridgehead atoms. The van der Waals surface area contributed by atoms with Crippen LogP contribution in [0.15, 0.2) is 55.1 Å². The quantitative estimate of drug-likeness (QED) is 0.676. The molecule has 3 aromatic rings. The molecular formula is C15H9ClN4. The zero-order valence-corrected chi connectivity index (χ0v) is 11.1. The second-order valence-corrected chi connectivity index (χ2v) is 4.59. The molecule has 0 aliphatic heterocycles. The van der Waals surface area contributed by atoms with Gasteiger partial charge < -0.3 is 4.57 Å². The maximum absolute atomic E-state index is 8.92. The summed E-state index contributed by atoms with van der Waals surface area (Å²) in [6.45, 7) is 0. The molecule has 4 nitrogen and oxygen atoms in total. The van der Waals surface area contributed by atoms with Crippen molar-refractivity contribution in [1.82, 2.24) is 14.5 Å². The van der Waals surface area contributed by atoms with E-state index in [2.05, 4.69) is 16.0 Å². The van der Waals surface area contributed by atoms with Crippen LogP contribution in [0.2, 0.25) is 5.15 Å². The van der Waals surface area contributed by atoms with Crippen LogP contribution in [-0.4, -0.2) is 14.5 Å². The molecule has 0 saturated carbocycles. The standard InChI is InChI=1S/C15H9ClN4/c16-15-5-4-12(8-18-15)14-9-20(10-19-14)13-3-1-2-11(6-13)7-17/h1-6,8-10H. The Kier molecular flexibility index (Phi) is 3.20. The summed E-state index contributed by atoms with van der Waals surface area (Å²) >= 11 is 5.77. The van der Waals surface area contributed by atoms with E-state index in [-0.39, 0.29) is 0 Å². The predicted octanol–water partition coefficient (Wildman–Crippen LogP) is 3.46. The molecule has 5 heteroatoms. The summed E-state index contributed by atoms with van der Waals surface area (Å²) in [4.78, 5) is 8.38. The third-order valence-electron chi connectivity index (χ3n) is 2.88. The SMILES string of the molecule is N#Cc1cccc(-n2cnc(-c3ccc(Cl)nc3)c2)c1. The number of imidazole rings is 1. The molecular weight excluding hydrogens is 272 g/mol. The Morgan fingerprint density at radius 2 is 2.05 bits per heavy atom. The maximum atomic E-state index is 8.92. The van der Waals surface area contributed by atoms with Crippen LogP contribution in [0.1, 0.15) is 5.56 Å². The van der Waals surface area contributed by atoms with Crippen molar-refractivity contribution in [2.24, 2.45) is 0 Å². The Labute approximate surface area is 120 Å². The van der Waals surface area contributed by atoms with Crippen LogP contribution in [-0.2, 0) is 0 Å². The Bertz CT molecular complexity index is 784. The van der Waals surface area contributed by atoms with Gasteiger partial charge in [-0.25, -0.2) is 9.97 Å². The lowest BCUT2D eigenvalue weighted by atomic mass is 10.2. The van der Waals surface area contributed by atoms with Gasteiger partial charge in [0.05, 0.1) is 23.7 Å². The van der Waals surface area contributed by atoms with Gasteiger partial charge in [-0.3, -0.25) is 0 Å². The van der Waals surface area contributed by atoms with Crippen molar-refractivity contribution < 1.29 is 0 Å². The summed E-state index contributed by atoms with van der Waals surface area (Å²) in [6, 6.07) is 13.1. The summed E-state index contributed by atoms with van der Waals surface area (Å²) in [5, 5.41) is 9.38.